The number of nitrogens with zero attached hydrogens (tertiary/aromatic N) is 2. The highest BCUT2D eigenvalue weighted by molar-refractivity contribution is 7.12. The molecule has 3 aliphatic rings. The van der Waals surface area contributed by atoms with Gasteiger partial charge >= 0.3 is 6.09 Å². The van der Waals surface area contributed by atoms with E-state index in [-0.39, 0.29) is 18.0 Å². The van der Waals surface area contributed by atoms with Crippen LogP contribution in [-0.4, -0.2) is 67.3 Å². The third kappa shape index (κ3) is 2.01. The second kappa shape index (κ2) is 4.80. The second-order valence-electron chi connectivity index (χ2n) is 5.13. The van der Waals surface area contributed by atoms with E-state index < -0.39 is 0 Å². The normalized spacial score (nSPS) is 23.8. The van der Waals surface area contributed by atoms with Crippen LogP contribution in [0.3, 0.4) is 0 Å². The van der Waals surface area contributed by atoms with Crippen molar-refractivity contribution in [1.82, 2.24) is 9.80 Å². The summed E-state index contributed by atoms with van der Waals surface area (Å²) in [6.45, 7) is 2.85. The molecular formula is C13H14N2O5S. The maximum atomic E-state index is 12.7. The molecule has 1 atom stereocenters. The number of thiophene rings is 1. The molecule has 1 aromatic heterocycles. The first kappa shape index (κ1) is 12.8. The van der Waals surface area contributed by atoms with Gasteiger partial charge in [0.1, 0.15) is 24.7 Å². The maximum Gasteiger partial charge on any atom is 0.410 e. The van der Waals surface area contributed by atoms with Crippen molar-refractivity contribution in [3.8, 4) is 11.5 Å². The fourth-order valence-electron chi connectivity index (χ4n) is 2.83. The summed E-state index contributed by atoms with van der Waals surface area (Å²) in [5.74, 6) is 1.13. The molecule has 0 saturated carbocycles. The van der Waals surface area contributed by atoms with Gasteiger partial charge in [-0.05, 0) is 0 Å². The Morgan fingerprint density at radius 3 is 3.00 bits per heavy atom. The third-order valence-corrected chi connectivity index (χ3v) is 4.83. The molecular weight excluding hydrogens is 296 g/mol. The van der Waals surface area contributed by atoms with Crippen molar-refractivity contribution in [2.45, 2.75) is 6.04 Å². The van der Waals surface area contributed by atoms with E-state index in [1.165, 1.54) is 11.3 Å². The Morgan fingerprint density at radius 2 is 2.10 bits per heavy atom. The van der Waals surface area contributed by atoms with Crippen LogP contribution < -0.4 is 9.47 Å². The minimum absolute atomic E-state index is 0.0387. The summed E-state index contributed by atoms with van der Waals surface area (Å²) in [5.41, 5.74) is 0. The first-order valence-electron chi connectivity index (χ1n) is 6.84. The van der Waals surface area contributed by atoms with Crippen molar-refractivity contribution >= 4 is 23.3 Å². The summed E-state index contributed by atoms with van der Waals surface area (Å²) in [4.78, 5) is 28.1. The highest BCUT2D eigenvalue weighted by Crippen LogP contribution is 2.40. The number of cyclic esters (lactones) is 1. The van der Waals surface area contributed by atoms with E-state index in [2.05, 4.69) is 0 Å². The average Bonchev–Trinajstić information content (AvgIpc) is 3.10. The zero-order valence-electron chi connectivity index (χ0n) is 11.2. The molecule has 0 spiro atoms. The van der Waals surface area contributed by atoms with E-state index >= 15 is 0 Å². The molecule has 0 N–H and O–H groups in total. The number of piperazine rings is 1. The first-order valence-corrected chi connectivity index (χ1v) is 7.72. The standard InChI is InChI=1S/C13H14N2O5S/c16-12(11-10-9(7-21-11)18-3-4-19-10)14-1-2-15-8(5-14)6-20-13(15)17/h7-8H,1-6H2/t8-/m0/s1. The minimum atomic E-state index is -0.280. The SMILES string of the molecule is O=C(c1scc2c1OCCO2)N1CCN2C(=O)OC[C@@H]2C1. The Hall–Kier alpha value is -1.96. The van der Waals surface area contributed by atoms with Gasteiger partial charge in [0.2, 0.25) is 0 Å². The minimum Gasteiger partial charge on any atom is -0.485 e. The van der Waals surface area contributed by atoms with Gasteiger partial charge in [0, 0.05) is 25.0 Å². The maximum absolute atomic E-state index is 12.7. The molecule has 1 aromatic rings. The quantitative estimate of drug-likeness (QED) is 0.767. The molecule has 3 aliphatic heterocycles. The van der Waals surface area contributed by atoms with Crippen molar-refractivity contribution in [1.29, 1.82) is 0 Å². The Balaban J connectivity index is 1.53. The van der Waals surface area contributed by atoms with E-state index in [4.69, 9.17) is 14.2 Å². The molecule has 0 radical (unpaired) electrons. The van der Waals surface area contributed by atoms with Gasteiger partial charge in [-0.2, -0.15) is 0 Å². The molecule has 112 valence electrons. The van der Waals surface area contributed by atoms with Gasteiger partial charge in [-0.1, -0.05) is 0 Å². The van der Waals surface area contributed by atoms with Crippen molar-refractivity contribution in [3.63, 3.8) is 0 Å². The van der Waals surface area contributed by atoms with Gasteiger partial charge < -0.3 is 19.1 Å². The zero-order chi connectivity index (χ0) is 14.4. The lowest BCUT2D eigenvalue weighted by molar-refractivity contribution is 0.0614. The van der Waals surface area contributed by atoms with E-state index in [9.17, 15) is 9.59 Å². The molecule has 2 fully saturated rings. The van der Waals surface area contributed by atoms with Crippen LogP contribution in [0.25, 0.3) is 0 Å². The predicted molar refractivity (Wildman–Crippen MR) is 73.1 cm³/mol. The second-order valence-corrected chi connectivity index (χ2v) is 6.01. The van der Waals surface area contributed by atoms with E-state index in [0.29, 0.717) is 55.8 Å². The number of hydrogen-bond acceptors (Lipinski definition) is 6. The molecule has 0 bridgehead atoms. The largest absolute Gasteiger partial charge is 0.485 e. The molecule has 2 amide bonds. The van der Waals surface area contributed by atoms with E-state index in [1.54, 1.807) is 15.2 Å². The lowest BCUT2D eigenvalue weighted by Crippen LogP contribution is -2.53. The molecule has 7 nitrogen and oxygen atoms in total. The monoisotopic (exact) mass is 310 g/mol. The number of fused-ring (bicyclic) bond motifs is 2. The van der Waals surface area contributed by atoms with Gasteiger partial charge in [0.05, 0.1) is 6.04 Å². The molecule has 2 saturated heterocycles. The van der Waals surface area contributed by atoms with Gasteiger partial charge in [-0.3, -0.25) is 9.69 Å². The Bertz CT molecular complexity index is 601. The lowest BCUT2D eigenvalue weighted by atomic mass is 10.2. The molecule has 21 heavy (non-hydrogen) atoms. The van der Waals surface area contributed by atoms with Crippen molar-refractivity contribution in [3.05, 3.63) is 10.3 Å². The number of rotatable bonds is 1. The fraction of sp³-hybridized carbons (Fsp3) is 0.538. The van der Waals surface area contributed by atoms with Gasteiger partial charge in [0.15, 0.2) is 11.5 Å². The molecule has 4 heterocycles. The van der Waals surface area contributed by atoms with Crippen molar-refractivity contribution in [2.75, 3.05) is 39.5 Å². The molecule has 0 unspecified atom stereocenters. The number of hydrogen-bond donors (Lipinski definition) is 0. The summed E-state index contributed by atoms with van der Waals surface area (Å²) in [6.07, 6.45) is -0.280. The van der Waals surface area contributed by atoms with Crippen molar-refractivity contribution < 1.29 is 23.8 Å². The summed E-state index contributed by atoms with van der Waals surface area (Å²) >= 11 is 1.34. The van der Waals surface area contributed by atoms with Crippen LogP contribution in [0.1, 0.15) is 9.67 Å². The Kier molecular flexibility index (Phi) is 2.91. The van der Waals surface area contributed by atoms with Crippen LogP contribution in [0.4, 0.5) is 4.79 Å². The van der Waals surface area contributed by atoms with Gasteiger partial charge in [-0.15, -0.1) is 11.3 Å². The van der Waals surface area contributed by atoms with Crippen LogP contribution >= 0.6 is 11.3 Å². The summed E-state index contributed by atoms with van der Waals surface area (Å²) in [7, 11) is 0. The molecule has 4 rings (SSSR count). The summed E-state index contributed by atoms with van der Waals surface area (Å²) < 4.78 is 16.0. The predicted octanol–water partition coefficient (Wildman–Crippen LogP) is 0.796. The van der Waals surface area contributed by atoms with Crippen LogP contribution in [0.2, 0.25) is 0 Å². The summed E-state index contributed by atoms with van der Waals surface area (Å²) in [6, 6.07) is -0.0387. The number of carbonyl (C=O) groups excluding carboxylic acids is 2. The zero-order valence-corrected chi connectivity index (χ0v) is 12.1. The highest BCUT2D eigenvalue weighted by atomic mass is 32.1. The topological polar surface area (TPSA) is 68.3 Å². The molecule has 0 aliphatic carbocycles. The van der Waals surface area contributed by atoms with Gasteiger partial charge in [-0.25, -0.2) is 4.79 Å². The Morgan fingerprint density at radius 1 is 1.24 bits per heavy atom. The third-order valence-electron chi connectivity index (χ3n) is 3.90. The smallest absolute Gasteiger partial charge is 0.410 e. The molecule has 8 heteroatoms. The van der Waals surface area contributed by atoms with Crippen LogP contribution in [-0.2, 0) is 4.74 Å². The molecule has 0 aromatic carbocycles. The lowest BCUT2D eigenvalue weighted by Gasteiger charge is -2.35. The summed E-state index contributed by atoms with van der Waals surface area (Å²) in [5, 5.41) is 1.81. The number of carbonyl (C=O) groups is 2. The van der Waals surface area contributed by atoms with Crippen LogP contribution in [0.5, 0.6) is 11.5 Å². The Labute approximate surface area is 125 Å². The van der Waals surface area contributed by atoms with E-state index in [1.807, 2.05) is 0 Å². The van der Waals surface area contributed by atoms with Crippen molar-refractivity contribution in [2.24, 2.45) is 0 Å². The highest BCUT2D eigenvalue weighted by Gasteiger charge is 2.39. The number of amides is 2. The van der Waals surface area contributed by atoms with Crippen LogP contribution in [0, 0.1) is 0 Å². The first-order chi connectivity index (χ1) is 10.2. The fourth-order valence-corrected chi connectivity index (χ4v) is 3.72. The van der Waals surface area contributed by atoms with Gasteiger partial charge in [0.25, 0.3) is 5.91 Å². The van der Waals surface area contributed by atoms with Crippen LogP contribution in [0.15, 0.2) is 5.38 Å². The average molecular weight is 310 g/mol. The number of ether oxygens (including phenoxy) is 3. The van der Waals surface area contributed by atoms with E-state index in [0.717, 1.165) is 0 Å².